The molecule has 80 valence electrons. The number of amides is 1. The van der Waals surface area contributed by atoms with Crippen molar-refractivity contribution in [2.75, 3.05) is 6.54 Å². The molecule has 1 saturated heterocycles. The molecule has 0 aromatic carbocycles. The van der Waals surface area contributed by atoms with Crippen molar-refractivity contribution in [3.8, 4) is 0 Å². The Morgan fingerprint density at radius 3 is 2.57 bits per heavy atom. The molecule has 14 heavy (non-hydrogen) atoms. The van der Waals surface area contributed by atoms with Gasteiger partial charge >= 0.3 is 0 Å². The summed E-state index contributed by atoms with van der Waals surface area (Å²) in [5.74, 6) is 0.196. The minimum absolute atomic E-state index is 0.0597. The van der Waals surface area contributed by atoms with Crippen LogP contribution >= 0.6 is 12.2 Å². The van der Waals surface area contributed by atoms with E-state index in [1.165, 1.54) is 0 Å². The van der Waals surface area contributed by atoms with Crippen molar-refractivity contribution in [1.82, 2.24) is 4.90 Å². The van der Waals surface area contributed by atoms with Crippen LogP contribution in [0.2, 0.25) is 0 Å². The molecule has 0 unspecified atom stereocenters. The van der Waals surface area contributed by atoms with Gasteiger partial charge in [0.15, 0.2) is 0 Å². The van der Waals surface area contributed by atoms with Crippen LogP contribution in [0.25, 0.3) is 0 Å². The maximum atomic E-state index is 11.9. The highest BCUT2D eigenvalue weighted by molar-refractivity contribution is 7.80. The Hall–Kier alpha value is -0.440. The van der Waals surface area contributed by atoms with Crippen molar-refractivity contribution >= 4 is 23.1 Å². The number of hydrogen-bond acceptors (Lipinski definition) is 2. The van der Waals surface area contributed by atoms with Gasteiger partial charge in [-0.2, -0.15) is 0 Å². The van der Waals surface area contributed by atoms with Crippen molar-refractivity contribution in [1.29, 1.82) is 0 Å². The van der Waals surface area contributed by atoms with Crippen molar-refractivity contribution in [3.05, 3.63) is 0 Å². The van der Waals surface area contributed by atoms with Crippen molar-refractivity contribution in [2.24, 2.45) is 5.41 Å². The van der Waals surface area contributed by atoms with Gasteiger partial charge in [-0.1, -0.05) is 33.0 Å². The second-order valence-corrected chi connectivity index (χ2v) is 5.60. The summed E-state index contributed by atoms with van der Waals surface area (Å²) in [6.45, 7) is 7.07. The number of likely N-dealkylation sites (tertiary alicyclic amines) is 1. The lowest BCUT2D eigenvalue weighted by Crippen LogP contribution is -2.40. The summed E-state index contributed by atoms with van der Waals surface area (Å²) in [6.07, 6.45) is 3.73. The maximum Gasteiger partial charge on any atom is 0.227 e. The lowest BCUT2D eigenvalue weighted by atomic mass is 9.91. The summed E-state index contributed by atoms with van der Waals surface area (Å²) < 4.78 is 0. The molecule has 1 amide bonds. The summed E-state index contributed by atoms with van der Waals surface area (Å²) in [4.78, 5) is 14.5. The molecule has 0 bridgehead atoms. The molecule has 2 nitrogen and oxygen atoms in total. The lowest BCUT2D eigenvalue weighted by Gasteiger charge is -2.30. The number of piperidine rings is 1. The molecule has 1 fully saturated rings. The predicted octanol–water partition coefficient (Wildman–Crippen LogP) is 2.76. The van der Waals surface area contributed by atoms with Gasteiger partial charge in [0.1, 0.15) is 0 Å². The number of hydrogen-bond donors (Lipinski definition) is 0. The van der Waals surface area contributed by atoms with Gasteiger partial charge in [-0.25, -0.2) is 0 Å². The quantitative estimate of drug-likeness (QED) is 0.624. The third-order valence-electron chi connectivity index (χ3n) is 2.31. The van der Waals surface area contributed by atoms with E-state index in [4.69, 9.17) is 12.2 Å². The summed E-state index contributed by atoms with van der Waals surface area (Å²) in [5, 5.41) is 0. The van der Waals surface area contributed by atoms with E-state index in [9.17, 15) is 4.79 Å². The Morgan fingerprint density at radius 2 is 2.07 bits per heavy atom. The first-order valence-corrected chi connectivity index (χ1v) is 5.64. The number of nitrogens with zero attached hydrogens (tertiary/aromatic N) is 1. The van der Waals surface area contributed by atoms with Crippen molar-refractivity contribution in [3.63, 3.8) is 0 Å². The predicted molar refractivity (Wildman–Crippen MR) is 62.2 cm³/mol. The molecule has 0 aliphatic carbocycles. The Kier molecular flexibility index (Phi) is 3.65. The van der Waals surface area contributed by atoms with E-state index in [1.54, 1.807) is 4.90 Å². The van der Waals surface area contributed by atoms with Crippen LogP contribution in [0.15, 0.2) is 0 Å². The van der Waals surface area contributed by atoms with E-state index < -0.39 is 0 Å². The fourth-order valence-corrected chi connectivity index (χ4v) is 1.96. The average Bonchev–Trinajstić information content (AvgIpc) is 2.01. The van der Waals surface area contributed by atoms with Gasteiger partial charge in [0, 0.05) is 13.0 Å². The number of rotatable bonds is 1. The first-order chi connectivity index (χ1) is 6.40. The van der Waals surface area contributed by atoms with Crippen LogP contribution < -0.4 is 0 Å². The second kappa shape index (κ2) is 4.39. The monoisotopic (exact) mass is 213 g/mol. The van der Waals surface area contributed by atoms with Gasteiger partial charge in [-0.3, -0.25) is 4.79 Å². The zero-order valence-electron chi connectivity index (χ0n) is 9.30. The Bertz CT molecular complexity index is 242. The zero-order chi connectivity index (χ0) is 10.8. The van der Waals surface area contributed by atoms with E-state index in [0.29, 0.717) is 6.42 Å². The van der Waals surface area contributed by atoms with Crippen molar-refractivity contribution in [2.45, 2.75) is 46.5 Å². The number of thiocarbonyl (C=S) groups is 1. The van der Waals surface area contributed by atoms with Crippen LogP contribution in [0.1, 0.15) is 46.5 Å². The fourth-order valence-electron chi connectivity index (χ4n) is 1.62. The van der Waals surface area contributed by atoms with E-state index in [1.807, 2.05) is 0 Å². The number of carbonyl (C=O) groups excluding carboxylic acids is 1. The number of carbonyl (C=O) groups is 1. The third-order valence-corrected chi connectivity index (χ3v) is 2.73. The highest BCUT2D eigenvalue weighted by atomic mass is 32.1. The molecule has 1 aliphatic heterocycles. The van der Waals surface area contributed by atoms with Crippen LogP contribution in [0.3, 0.4) is 0 Å². The van der Waals surface area contributed by atoms with Crippen LogP contribution in [0.5, 0.6) is 0 Å². The van der Waals surface area contributed by atoms with Crippen LogP contribution in [0.4, 0.5) is 0 Å². The largest absolute Gasteiger partial charge is 0.307 e. The topological polar surface area (TPSA) is 20.3 Å². The van der Waals surface area contributed by atoms with Gasteiger partial charge in [0.25, 0.3) is 0 Å². The highest BCUT2D eigenvalue weighted by Gasteiger charge is 2.25. The van der Waals surface area contributed by atoms with E-state index in [-0.39, 0.29) is 11.3 Å². The molecular formula is C11H19NOS. The molecule has 1 heterocycles. The molecule has 0 saturated carbocycles. The van der Waals surface area contributed by atoms with Crippen molar-refractivity contribution < 1.29 is 4.79 Å². The molecule has 0 spiro atoms. The summed E-state index contributed by atoms with van der Waals surface area (Å²) in [5.41, 5.74) is 0.0597. The SMILES string of the molecule is CC(C)(C)CC(=O)N1CCCCC1=S. The Balaban J connectivity index is 2.55. The summed E-state index contributed by atoms with van der Waals surface area (Å²) in [6, 6.07) is 0. The fraction of sp³-hybridized carbons (Fsp3) is 0.818. The Morgan fingerprint density at radius 1 is 1.43 bits per heavy atom. The second-order valence-electron chi connectivity index (χ2n) is 5.13. The molecule has 0 N–H and O–H groups in total. The Labute approximate surface area is 91.7 Å². The highest BCUT2D eigenvalue weighted by Crippen LogP contribution is 2.22. The lowest BCUT2D eigenvalue weighted by molar-refractivity contribution is -0.129. The minimum Gasteiger partial charge on any atom is -0.307 e. The average molecular weight is 213 g/mol. The smallest absolute Gasteiger partial charge is 0.227 e. The van der Waals surface area contributed by atoms with E-state index in [2.05, 4.69) is 20.8 Å². The molecule has 1 aliphatic rings. The normalized spacial score (nSPS) is 18.5. The minimum atomic E-state index is 0.0597. The van der Waals surface area contributed by atoms with Gasteiger partial charge in [0.05, 0.1) is 4.99 Å². The molecular weight excluding hydrogens is 194 g/mol. The van der Waals surface area contributed by atoms with Gasteiger partial charge in [0.2, 0.25) is 5.91 Å². The molecule has 0 aromatic rings. The first-order valence-electron chi connectivity index (χ1n) is 5.23. The van der Waals surface area contributed by atoms with Gasteiger partial charge in [-0.05, 0) is 24.7 Å². The summed E-state index contributed by atoms with van der Waals surface area (Å²) in [7, 11) is 0. The molecule has 1 rings (SSSR count). The van der Waals surface area contributed by atoms with Crippen LogP contribution in [0, 0.1) is 5.41 Å². The third kappa shape index (κ3) is 3.37. The maximum absolute atomic E-state index is 11.9. The first kappa shape index (κ1) is 11.6. The zero-order valence-corrected chi connectivity index (χ0v) is 10.1. The van der Waals surface area contributed by atoms with E-state index >= 15 is 0 Å². The van der Waals surface area contributed by atoms with Crippen LogP contribution in [-0.4, -0.2) is 22.3 Å². The standard InChI is InChI=1S/C11H19NOS/c1-11(2,3)8-9(13)12-7-5-4-6-10(12)14/h4-8H2,1-3H3. The molecule has 0 atom stereocenters. The van der Waals surface area contributed by atoms with Gasteiger partial charge < -0.3 is 4.90 Å². The molecule has 0 radical (unpaired) electrons. The van der Waals surface area contributed by atoms with E-state index in [0.717, 1.165) is 30.8 Å². The van der Waals surface area contributed by atoms with Crippen LogP contribution in [-0.2, 0) is 4.79 Å². The molecule has 3 heteroatoms. The summed E-state index contributed by atoms with van der Waals surface area (Å²) >= 11 is 5.20. The molecule has 0 aromatic heterocycles. The van der Waals surface area contributed by atoms with Gasteiger partial charge in [-0.15, -0.1) is 0 Å².